The molecule has 1 aliphatic rings. The van der Waals surface area contributed by atoms with Crippen LogP contribution in [0.5, 0.6) is 0 Å². The van der Waals surface area contributed by atoms with E-state index in [4.69, 9.17) is 4.79 Å². The zero-order chi connectivity index (χ0) is 13.6. The Morgan fingerprint density at radius 1 is 1.17 bits per heavy atom. The largest absolute Gasteiger partial charge is 0.416 e. The Kier molecular flexibility index (Phi) is 5.15. The van der Waals surface area contributed by atoms with Crippen LogP contribution in [0.15, 0.2) is 24.3 Å². The molecule has 0 bridgehead atoms. The Bertz CT molecular complexity index is 376. The lowest BCUT2D eigenvalue weighted by molar-refractivity contribution is -0.137. The molecule has 0 saturated carbocycles. The van der Waals surface area contributed by atoms with Crippen LogP contribution >= 0.6 is 0 Å². The van der Waals surface area contributed by atoms with Crippen LogP contribution in [-0.4, -0.2) is 33.0 Å². The molecule has 1 aliphatic heterocycles. The van der Waals surface area contributed by atoms with Gasteiger partial charge in [-0.3, -0.25) is 0 Å². The molecular formula is C12H15F3N2O. The summed E-state index contributed by atoms with van der Waals surface area (Å²) in [6.45, 7) is 5.13. The van der Waals surface area contributed by atoms with E-state index in [0.29, 0.717) is 5.69 Å². The van der Waals surface area contributed by atoms with E-state index in [2.05, 4.69) is 5.32 Å². The number of carbonyl (C=O) groups is 1. The van der Waals surface area contributed by atoms with Gasteiger partial charge in [-0.05, 0) is 18.2 Å². The van der Waals surface area contributed by atoms with Crippen molar-refractivity contribution >= 4 is 12.5 Å². The quantitative estimate of drug-likeness (QED) is 0.837. The predicted molar refractivity (Wildman–Crippen MR) is 63.6 cm³/mol. The van der Waals surface area contributed by atoms with Crippen molar-refractivity contribution in [3.63, 3.8) is 0 Å². The third-order valence-corrected chi connectivity index (χ3v) is 2.66. The molecule has 6 heteroatoms. The fraction of sp³-hybridized carbons (Fsp3) is 0.417. The molecule has 1 aromatic carbocycles. The molecule has 1 fully saturated rings. The van der Waals surface area contributed by atoms with Gasteiger partial charge in [-0.15, -0.1) is 0 Å². The van der Waals surface area contributed by atoms with Gasteiger partial charge in [-0.2, -0.15) is 13.2 Å². The van der Waals surface area contributed by atoms with Gasteiger partial charge in [0.15, 0.2) is 0 Å². The maximum atomic E-state index is 12.5. The molecule has 1 heterocycles. The molecule has 0 unspecified atom stereocenters. The van der Waals surface area contributed by atoms with Crippen molar-refractivity contribution in [2.75, 3.05) is 31.1 Å². The number of halogens is 3. The monoisotopic (exact) mass is 260 g/mol. The number of alkyl halides is 3. The number of rotatable bonds is 1. The van der Waals surface area contributed by atoms with Crippen LogP contribution in [0.3, 0.4) is 0 Å². The van der Waals surface area contributed by atoms with Crippen LogP contribution < -0.4 is 10.2 Å². The van der Waals surface area contributed by atoms with Crippen LogP contribution in [0.1, 0.15) is 5.56 Å². The average molecular weight is 260 g/mol. The summed E-state index contributed by atoms with van der Waals surface area (Å²) in [5.74, 6) is 0. The van der Waals surface area contributed by atoms with Gasteiger partial charge in [-0.25, -0.2) is 0 Å². The zero-order valence-electron chi connectivity index (χ0n) is 9.83. The smallest absolute Gasteiger partial charge is 0.369 e. The number of hydrogen-bond acceptors (Lipinski definition) is 3. The van der Waals surface area contributed by atoms with E-state index in [9.17, 15) is 13.2 Å². The van der Waals surface area contributed by atoms with Gasteiger partial charge in [0.05, 0.1) is 5.56 Å². The number of benzene rings is 1. The molecule has 0 spiro atoms. The fourth-order valence-electron chi connectivity index (χ4n) is 1.80. The molecule has 1 aromatic rings. The van der Waals surface area contributed by atoms with Crippen molar-refractivity contribution < 1.29 is 18.0 Å². The highest BCUT2D eigenvalue weighted by atomic mass is 19.4. The molecule has 0 aliphatic carbocycles. The van der Waals surface area contributed by atoms with Gasteiger partial charge in [0, 0.05) is 31.9 Å². The van der Waals surface area contributed by atoms with Gasteiger partial charge < -0.3 is 15.0 Å². The van der Waals surface area contributed by atoms with Crippen molar-refractivity contribution in [2.45, 2.75) is 6.18 Å². The minimum atomic E-state index is -4.26. The van der Waals surface area contributed by atoms with E-state index >= 15 is 0 Å². The minimum Gasteiger partial charge on any atom is -0.369 e. The van der Waals surface area contributed by atoms with Crippen LogP contribution in [0.4, 0.5) is 18.9 Å². The summed E-state index contributed by atoms with van der Waals surface area (Å²) in [4.78, 5) is 9.96. The summed E-state index contributed by atoms with van der Waals surface area (Å²) >= 11 is 0. The van der Waals surface area contributed by atoms with E-state index in [0.717, 1.165) is 32.2 Å². The summed E-state index contributed by atoms with van der Waals surface area (Å²) in [7, 11) is 0. The van der Waals surface area contributed by atoms with Crippen molar-refractivity contribution in [3.05, 3.63) is 29.8 Å². The first-order valence-electron chi connectivity index (χ1n) is 5.49. The van der Waals surface area contributed by atoms with Crippen LogP contribution in [0.2, 0.25) is 0 Å². The lowest BCUT2D eigenvalue weighted by atomic mass is 10.1. The first kappa shape index (κ1) is 14.5. The maximum absolute atomic E-state index is 12.5. The second-order valence-electron chi connectivity index (χ2n) is 3.79. The first-order chi connectivity index (χ1) is 8.57. The van der Waals surface area contributed by atoms with Crippen LogP contribution in [0.25, 0.3) is 0 Å². The van der Waals surface area contributed by atoms with Gasteiger partial charge in [-0.1, -0.05) is 6.07 Å². The highest BCUT2D eigenvalue weighted by molar-refractivity contribution is 5.49. The van der Waals surface area contributed by atoms with E-state index in [-0.39, 0.29) is 0 Å². The lowest BCUT2D eigenvalue weighted by Crippen LogP contribution is -2.43. The van der Waals surface area contributed by atoms with Crippen molar-refractivity contribution in [3.8, 4) is 0 Å². The summed E-state index contributed by atoms with van der Waals surface area (Å²) in [5.41, 5.74) is 0.0693. The van der Waals surface area contributed by atoms with Crippen molar-refractivity contribution in [1.29, 1.82) is 0 Å². The summed E-state index contributed by atoms with van der Waals surface area (Å²) in [6.07, 6.45) is -4.26. The highest BCUT2D eigenvalue weighted by Crippen LogP contribution is 2.31. The van der Waals surface area contributed by atoms with Crippen LogP contribution in [-0.2, 0) is 11.0 Å². The Hall–Kier alpha value is -1.56. The molecule has 1 N–H and O–H groups in total. The number of carbonyl (C=O) groups excluding carboxylic acids is 1. The van der Waals surface area contributed by atoms with E-state index < -0.39 is 11.7 Å². The molecule has 0 aromatic heterocycles. The molecule has 0 radical (unpaired) electrons. The molecule has 18 heavy (non-hydrogen) atoms. The van der Waals surface area contributed by atoms with E-state index in [1.165, 1.54) is 12.1 Å². The summed E-state index contributed by atoms with van der Waals surface area (Å²) in [6, 6.07) is 5.50. The maximum Gasteiger partial charge on any atom is 0.416 e. The van der Waals surface area contributed by atoms with Gasteiger partial charge in [0.2, 0.25) is 0 Å². The fourth-order valence-corrected chi connectivity index (χ4v) is 1.80. The standard InChI is InChI=1S/C11H13F3N2.CH2O/c12-11(13,14)9-2-1-3-10(8-9)16-6-4-15-5-7-16;1-2/h1-3,8,15H,4-7H2;1H2. The van der Waals surface area contributed by atoms with Crippen molar-refractivity contribution in [1.82, 2.24) is 5.32 Å². The zero-order valence-corrected chi connectivity index (χ0v) is 9.83. The van der Waals surface area contributed by atoms with Gasteiger partial charge in [0.1, 0.15) is 6.79 Å². The molecule has 2 rings (SSSR count). The minimum absolute atomic E-state index is 0.580. The molecule has 100 valence electrons. The van der Waals surface area contributed by atoms with Crippen LogP contribution in [0, 0.1) is 0 Å². The second kappa shape index (κ2) is 6.39. The SMILES string of the molecule is C=O.FC(F)(F)c1cccc(N2CCNCC2)c1. The number of piperazine rings is 1. The lowest BCUT2D eigenvalue weighted by Gasteiger charge is -2.29. The number of nitrogens with zero attached hydrogens (tertiary/aromatic N) is 1. The Morgan fingerprint density at radius 2 is 1.78 bits per heavy atom. The number of anilines is 1. The third kappa shape index (κ3) is 3.73. The first-order valence-corrected chi connectivity index (χ1v) is 5.49. The molecule has 1 saturated heterocycles. The Labute approximate surface area is 104 Å². The average Bonchev–Trinajstić information content (AvgIpc) is 2.41. The predicted octanol–water partition coefficient (Wildman–Crippen LogP) is 1.93. The molecule has 0 atom stereocenters. The summed E-state index contributed by atoms with van der Waals surface area (Å²) in [5, 5.41) is 3.17. The molecule has 0 amide bonds. The van der Waals surface area contributed by atoms with E-state index in [1.54, 1.807) is 6.07 Å². The van der Waals surface area contributed by atoms with E-state index in [1.807, 2.05) is 11.7 Å². The topological polar surface area (TPSA) is 32.3 Å². The number of hydrogen-bond donors (Lipinski definition) is 1. The second-order valence-corrected chi connectivity index (χ2v) is 3.79. The highest BCUT2D eigenvalue weighted by Gasteiger charge is 2.30. The summed E-state index contributed by atoms with van der Waals surface area (Å²) < 4.78 is 37.5. The normalized spacial score (nSPS) is 15.8. The van der Waals surface area contributed by atoms with Gasteiger partial charge >= 0.3 is 6.18 Å². The number of nitrogens with one attached hydrogen (secondary N) is 1. The molecular weight excluding hydrogens is 245 g/mol. The van der Waals surface area contributed by atoms with Gasteiger partial charge in [0.25, 0.3) is 0 Å². The Balaban J connectivity index is 0.000000771. The van der Waals surface area contributed by atoms with Crippen molar-refractivity contribution in [2.24, 2.45) is 0 Å². The third-order valence-electron chi connectivity index (χ3n) is 2.66. The molecule has 3 nitrogen and oxygen atoms in total. The Morgan fingerprint density at radius 3 is 2.33 bits per heavy atom.